The van der Waals surface area contributed by atoms with E-state index in [4.69, 9.17) is 14.3 Å². The number of carboxylic acid groups (broad SMARTS) is 1. The molecule has 2 aromatic carbocycles. The standard InChI is InChI=1S/C23H21N3O6/c1-15-3-2-4-18(11-15)31-14-22(28)24-13-21(27)26-25-12-19-9-10-20(32-19)16-5-7-17(8-6-16)23(29)30/h2-12H,13-14H2,1H3,(H,24,28)(H,26,27)(H,29,30)/b25-12-. The number of nitrogens with zero attached hydrogens (tertiary/aromatic N) is 1. The summed E-state index contributed by atoms with van der Waals surface area (Å²) in [6, 6.07) is 16.9. The van der Waals surface area contributed by atoms with Gasteiger partial charge < -0.3 is 19.6 Å². The molecule has 1 aromatic heterocycles. The van der Waals surface area contributed by atoms with E-state index in [-0.39, 0.29) is 18.7 Å². The number of aromatic carboxylic acids is 1. The normalized spacial score (nSPS) is 10.7. The third-order valence-electron chi connectivity index (χ3n) is 4.23. The smallest absolute Gasteiger partial charge is 0.335 e. The predicted octanol–water partition coefficient (Wildman–Crippen LogP) is 2.60. The highest BCUT2D eigenvalue weighted by atomic mass is 16.5. The molecule has 9 heteroatoms. The molecule has 0 bridgehead atoms. The van der Waals surface area contributed by atoms with Crippen LogP contribution in [0.4, 0.5) is 0 Å². The highest BCUT2D eigenvalue weighted by molar-refractivity contribution is 5.88. The number of hydrogen-bond acceptors (Lipinski definition) is 6. The van der Waals surface area contributed by atoms with Gasteiger partial charge in [0.25, 0.3) is 11.8 Å². The number of amides is 2. The minimum absolute atomic E-state index is 0.179. The van der Waals surface area contributed by atoms with Crippen LogP contribution in [0.5, 0.6) is 5.75 Å². The average molecular weight is 435 g/mol. The van der Waals surface area contributed by atoms with Crippen LogP contribution in [0, 0.1) is 6.92 Å². The zero-order valence-electron chi connectivity index (χ0n) is 17.2. The summed E-state index contributed by atoms with van der Waals surface area (Å²) in [5.74, 6) is -0.468. The first kappa shape index (κ1) is 22.3. The fraction of sp³-hybridized carbons (Fsp3) is 0.130. The first-order chi connectivity index (χ1) is 15.4. The number of carboxylic acids is 1. The van der Waals surface area contributed by atoms with Crippen LogP contribution in [-0.4, -0.2) is 42.3 Å². The van der Waals surface area contributed by atoms with E-state index >= 15 is 0 Å². The molecular weight excluding hydrogens is 414 g/mol. The molecule has 0 fully saturated rings. The summed E-state index contributed by atoms with van der Waals surface area (Å²) in [5.41, 5.74) is 4.18. The largest absolute Gasteiger partial charge is 0.484 e. The van der Waals surface area contributed by atoms with E-state index in [0.29, 0.717) is 22.8 Å². The topological polar surface area (TPSA) is 130 Å². The number of ether oxygens (including phenoxy) is 1. The molecule has 0 aliphatic rings. The molecule has 0 aliphatic heterocycles. The number of carbonyl (C=O) groups is 3. The molecule has 0 radical (unpaired) electrons. The molecule has 3 aromatic rings. The lowest BCUT2D eigenvalue weighted by molar-refractivity contribution is -0.127. The Labute approximate surface area is 183 Å². The lowest BCUT2D eigenvalue weighted by Crippen LogP contribution is -2.37. The number of nitrogens with one attached hydrogen (secondary N) is 2. The van der Waals surface area contributed by atoms with Crippen LogP contribution in [0.1, 0.15) is 21.7 Å². The number of hydrazone groups is 1. The molecule has 164 valence electrons. The summed E-state index contributed by atoms with van der Waals surface area (Å²) < 4.78 is 11.0. The second-order valence-corrected chi connectivity index (χ2v) is 6.76. The second kappa shape index (κ2) is 10.6. The van der Waals surface area contributed by atoms with E-state index in [2.05, 4.69) is 15.8 Å². The summed E-state index contributed by atoms with van der Waals surface area (Å²) in [5, 5.41) is 15.2. The van der Waals surface area contributed by atoms with Gasteiger partial charge in [0.05, 0.1) is 18.3 Å². The van der Waals surface area contributed by atoms with Crippen molar-refractivity contribution in [1.29, 1.82) is 0 Å². The molecule has 2 amide bonds. The van der Waals surface area contributed by atoms with Crippen molar-refractivity contribution in [3.05, 3.63) is 77.6 Å². The molecule has 0 saturated carbocycles. The second-order valence-electron chi connectivity index (χ2n) is 6.76. The van der Waals surface area contributed by atoms with E-state index in [1.54, 1.807) is 36.4 Å². The van der Waals surface area contributed by atoms with Crippen LogP contribution in [0.25, 0.3) is 11.3 Å². The quantitative estimate of drug-likeness (QED) is 0.350. The number of benzene rings is 2. The van der Waals surface area contributed by atoms with Crippen LogP contribution in [0.2, 0.25) is 0 Å². The Morgan fingerprint density at radius 3 is 2.56 bits per heavy atom. The SMILES string of the molecule is Cc1cccc(OCC(=O)NCC(=O)N/N=C\c2ccc(-c3ccc(C(=O)O)cc3)o2)c1. The van der Waals surface area contributed by atoms with E-state index in [1.807, 2.05) is 19.1 Å². The minimum Gasteiger partial charge on any atom is -0.484 e. The van der Waals surface area contributed by atoms with Crippen LogP contribution in [0.3, 0.4) is 0 Å². The highest BCUT2D eigenvalue weighted by Crippen LogP contribution is 2.22. The maximum atomic E-state index is 11.8. The van der Waals surface area contributed by atoms with Gasteiger partial charge in [-0.1, -0.05) is 24.3 Å². The van der Waals surface area contributed by atoms with Crippen LogP contribution >= 0.6 is 0 Å². The first-order valence-corrected chi connectivity index (χ1v) is 9.62. The van der Waals surface area contributed by atoms with Gasteiger partial charge in [0, 0.05) is 5.56 Å². The molecular formula is C23H21N3O6. The van der Waals surface area contributed by atoms with Gasteiger partial charge in [-0.15, -0.1) is 0 Å². The van der Waals surface area contributed by atoms with E-state index < -0.39 is 17.8 Å². The molecule has 9 nitrogen and oxygen atoms in total. The van der Waals surface area contributed by atoms with Crippen molar-refractivity contribution in [1.82, 2.24) is 10.7 Å². The van der Waals surface area contributed by atoms with Crippen molar-refractivity contribution in [2.24, 2.45) is 5.10 Å². The highest BCUT2D eigenvalue weighted by Gasteiger charge is 2.08. The zero-order chi connectivity index (χ0) is 22.9. The van der Waals surface area contributed by atoms with Gasteiger partial charge in [-0.25, -0.2) is 10.2 Å². The number of aryl methyl sites for hydroxylation is 1. The summed E-state index contributed by atoms with van der Waals surface area (Å²) in [6.45, 7) is 1.45. The Hall–Kier alpha value is -4.40. The Balaban J connectivity index is 1.41. The van der Waals surface area contributed by atoms with Gasteiger partial charge in [-0.3, -0.25) is 9.59 Å². The van der Waals surface area contributed by atoms with E-state index in [0.717, 1.165) is 5.56 Å². The number of furan rings is 1. The number of hydrogen-bond donors (Lipinski definition) is 3. The van der Waals surface area contributed by atoms with Gasteiger partial charge in [0.15, 0.2) is 6.61 Å². The molecule has 0 atom stereocenters. The molecule has 0 spiro atoms. The van der Waals surface area contributed by atoms with Gasteiger partial charge >= 0.3 is 5.97 Å². The van der Waals surface area contributed by atoms with Crippen molar-refractivity contribution in [3.63, 3.8) is 0 Å². The van der Waals surface area contributed by atoms with Crippen molar-refractivity contribution in [2.45, 2.75) is 6.92 Å². The van der Waals surface area contributed by atoms with Gasteiger partial charge in [-0.05, 0) is 48.9 Å². The van der Waals surface area contributed by atoms with Crippen molar-refractivity contribution in [2.75, 3.05) is 13.2 Å². The summed E-state index contributed by atoms with van der Waals surface area (Å²) in [7, 11) is 0. The molecule has 3 rings (SSSR count). The van der Waals surface area contributed by atoms with Crippen molar-refractivity contribution >= 4 is 24.0 Å². The average Bonchev–Trinajstić information content (AvgIpc) is 3.25. The molecule has 3 N–H and O–H groups in total. The Morgan fingerprint density at radius 2 is 1.84 bits per heavy atom. The minimum atomic E-state index is -1.01. The predicted molar refractivity (Wildman–Crippen MR) is 117 cm³/mol. The molecule has 32 heavy (non-hydrogen) atoms. The van der Waals surface area contributed by atoms with Crippen molar-refractivity contribution in [3.8, 4) is 17.1 Å². The van der Waals surface area contributed by atoms with Gasteiger partial charge in [-0.2, -0.15) is 5.10 Å². The monoisotopic (exact) mass is 435 g/mol. The maximum Gasteiger partial charge on any atom is 0.335 e. The maximum absolute atomic E-state index is 11.8. The Kier molecular flexibility index (Phi) is 7.37. The molecule has 0 unspecified atom stereocenters. The Bertz CT molecular complexity index is 1130. The van der Waals surface area contributed by atoms with Gasteiger partial charge in [0.1, 0.15) is 17.3 Å². The molecule has 1 heterocycles. The summed E-state index contributed by atoms with van der Waals surface area (Å²) in [4.78, 5) is 34.5. The van der Waals surface area contributed by atoms with Crippen LogP contribution < -0.4 is 15.5 Å². The number of carbonyl (C=O) groups excluding carboxylic acids is 2. The first-order valence-electron chi connectivity index (χ1n) is 9.62. The third-order valence-corrected chi connectivity index (χ3v) is 4.23. The summed E-state index contributed by atoms with van der Waals surface area (Å²) in [6.07, 6.45) is 1.32. The third kappa shape index (κ3) is 6.56. The fourth-order valence-electron chi connectivity index (χ4n) is 2.65. The lowest BCUT2D eigenvalue weighted by Gasteiger charge is -2.07. The molecule has 0 aliphatic carbocycles. The number of rotatable bonds is 9. The van der Waals surface area contributed by atoms with E-state index in [9.17, 15) is 14.4 Å². The Morgan fingerprint density at radius 1 is 1.06 bits per heavy atom. The van der Waals surface area contributed by atoms with Crippen LogP contribution in [-0.2, 0) is 9.59 Å². The summed E-state index contributed by atoms with van der Waals surface area (Å²) >= 11 is 0. The van der Waals surface area contributed by atoms with Crippen LogP contribution in [0.15, 0.2) is 70.2 Å². The lowest BCUT2D eigenvalue weighted by atomic mass is 10.1. The molecule has 0 saturated heterocycles. The van der Waals surface area contributed by atoms with Crippen molar-refractivity contribution < 1.29 is 28.6 Å². The van der Waals surface area contributed by atoms with Gasteiger partial charge in [0.2, 0.25) is 0 Å². The fourth-order valence-corrected chi connectivity index (χ4v) is 2.65. The zero-order valence-corrected chi connectivity index (χ0v) is 17.2. The van der Waals surface area contributed by atoms with E-state index in [1.165, 1.54) is 18.3 Å².